The minimum atomic E-state index is 0.723. The highest BCUT2D eigenvalue weighted by atomic mass is 16.1. The Bertz CT molecular complexity index is 682. The van der Waals surface area contributed by atoms with Crippen molar-refractivity contribution < 1.29 is 4.79 Å². The van der Waals surface area contributed by atoms with Gasteiger partial charge in [-0.3, -0.25) is 4.79 Å². The third kappa shape index (κ3) is 1.54. The van der Waals surface area contributed by atoms with Crippen LogP contribution >= 0.6 is 0 Å². The number of aromatic nitrogens is 1. The van der Waals surface area contributed by atoms with Crippen LogP contribution in [0.3, 0.4) is 0 Å². The molecule has 1 aromatic heterocycles. The van der Waals surface area contributed by atoms with Crippen LogP contribution in [0.5, 0.6) is 0 Å². The summed E-state index contributed by atoms with van der Waals surface area (Å²) in [7, 11) is 0. The van der Waals surface area contributed by atoms with Crippen LogP contribution in [0.25, 0.3) is 22.0 Å². The zero-order valence-electron chi connectivity index (χ0n) is 9.18. The lowest BCUT2D eigenvalue weighted by Crippen LogP contribution is -1.87. The molecule has 2 nitrogen and oxygen atoms in total. The van der Waals surface area contributed by atoms with E-state index in [0.717, 1.165) is 33.9 Å². The van der Waals surface area contributed by atoms with E-state index in [2.05, 4.69) is 4.98 Å². The third-order valence-electron chi connectivity index (χ3n) is 2.97. The summed E-state index contributed by atoms with van der Waals surface area (Å²) in [5, 5.41) is 1.14. The third-order valence-corrected chi connectivity index (χ3v) is 2.97. The van der Waals surface area contributed by atoms with Crippen molar-refractivity contribution in [3.63, 3.8) is 0 Å². The second-order valence-corrected chi connectivity index (χ2v) is 3.95. The molecule has 0 saturated heterocycles. The average Bonchev–Trinajstić information content (AvgIpc) is 2.86. The Morgan fingerprint density at radius 1 is 0.882 bits per heavy atom. The topological polar surface area (TPSA) is 32.9 Å². The maximum absolute atomic E-state index is 11.1. The fourth-order valence-corrected chi connectivity index (χ4v) is 2.17. The predicted molar refractivity (Wildman–Crippen MR) is 69.1 cm³/mol. The number of carbonyl (C=O) groups is 1. The summed E-state index contributed by atoms with van der Waals surface area (Å²) in [6.07, 6.45) is 2.82. The molecule has 0 radical (unpaired) electrons. The molecule has 0 fully saturated rings. The Hall–Kier alpha value is -2.35. The van der Waals surface area contributed by atoms with Crippen molar-refractivity contribution in [2.75, 3.05) is 0 Å². The standard InChI is InChI=1S/C15H11NO/c17-10-11-4-1-2-5-12(11)13-6-3-7-15-14(13)8-9-16-15/h1-10,16H. The van der Waals surface area contributed by atoms with E-state index in [-0.39, 0.29) is 0 Å². The molecule has 2 heteroatoms. The zero-order valence-corrected chi connectivity index (χ0v) is 9.18. The molecule has 3 rings (SSSR count). The van der Waals surface area contributed by atoms with E-state index in [9.17, 15) is 4.79 Å². The van der Waals surface area contributed by atoms with Gasteiger partial charge in [0, 0.05) is 22.7 Å². The molecule has 82 valence electrons. The van der Waals surface area contributed by atoms with Crippen molar-refractivity contribution >= 4 is 17.2 Å². The van der Waals surface area contributed by atoms with Crippen LogP contribution in [-0.2, 0) is 0 Å². The first-order valence-electron chi connectivity index (χ1n) is 5.51. The van der Waals surface area contributed by atoms with Gasteiger partial charge in [-0.2, -0.15) is 0 Å². The van der Waals surface area contributed by atoms with Crippen molar-refractivity contribution in [3.8, 4) is 11.1 Å². The molecular weight excluding hydrogens is 210 g/mol. The van der Waals surface area contributed by atoms with Gasteiger partial charge < -0.3 is 4.98 Å². The van der Waals surface area contributed by atoms with Crippen molar-refractivity contribution in [3.05, 3.63) is 60.3 Å². The van der Waals surface area contributed by atoms with Crippen LogP contribution in [0.2, 0.25) is 0 Å². The minimum absolute atomic E-state index is 0.723. The van der Waals surface area contributed by atoms with Crippen LogP contribution in [0.1, 0.15) is 10.4 Å². The number of hydrogen-bond donors (Lipinski definition) is 1. The van der Waals surface area contributed by atoms with Gasteiger partial charge in [-0.1, -0.05) is 36.4 Å². The second-order valence-electron chi connectivity index (χ2n) is 3.95. The van der Waals surface area contributed by atoms with E-state index < -0.39 is 0 Å². The molecule has 0 aliphatic heterocycles. The first-order valence-corrected chi connectivity index (χ1v) is 5.51. The second kappa shape index (κ2) is 3.91. The molecular formula is C15H11NO. The summed E-state index contributed by atoms with van der Waals surface area (Å²) in [5.41, 5.74) is 3.88. The number of aromatic amines is 1. The monoisotopic (exact) mass is 221 g/mol. The molecule has 1 heterocycles. The van der Waals surface area contributed by atoms with Gasteiger partial charge in [-0.25, -0.2) is 0 Å². The first kappa shape index (κ1) is 9.85. The molecule has 0 saturated carbocycles. The molecule has 0 bridgehead atoms. The van der Waals surface area contributed by atoms with Crippen molar-refractivity contribution in [2.24, 2.45) is 0 Å². The van der Waals surface area contributed by atoms with Crippen LogP contribution in [0, 0.1) is 0 Å². The van der Waals surface area contributed by atoms with Crippen LogP contribution < -0.4 is 0 Å². The smallest absolute Gasteiger partial charge is 0.150 e. The van der Waals surface area contributed by atoms with Crippen LogP contribution in [0.4, 0.5) is 0 Å². The van der Waals surface area contributed by atoms with E-state index in [1.165, 1.54) is 0 Å². The van der Waals surface area contributed by atoms with Crippen LogP contribution in [0.15, 0.2) is 54.7 Å². The number of H-pyrrole nitrogens is 1. The molecule has 0 spiro atoms. The fourth-order valence-electron chi connectivity index (χ4n) is 2.17. The minimum Gasteiger partial charge on any atom is -0.361 e. The van der Waals surface area contributed by atoms with Crippen molar-refractivity contribution in [1.29, 1.82) is 0 Å². The summed E-state index contributed by atoms with van der Waals surface area (Å²) in [6, 6.07) is 15.8. The van der Waals surface area contributed by atoms with Gasteiger partial charge in [0.1, 0.15) is 0 Å². The van der Waals surface area contributed by atoms with Gasteiger partial charge in [0.2, 0.25) is 0 Å². The highest BCUT2D eigenvalue weighted by Gasteiger charge is 2.07. The van der Waals surface area contributed by atoms with Gasteiger partial charge in [0.25, 0.3) is 0 Å². The average molecular weight is 221 g/mol. The van der Waals surface area contributed by atoms with E-state index in [4.69, 9.17) is 0 Å². The lowest BCUT2D eigenvalue weighted by molar-refractivity contribution is 0.112. The number of rotatable bonds is 2. The Labute approximate surface area is 98.9 Å². The molecule has 17 heavy (non-hydrogen) atoms. The highest BCUT2D eigenvalue weighted by molar-refractivity contribution is 5.99. The molecule has 1 N–H and O–H groups in total. The van der Waals surface area contributed by atoms with Gasteiger partial charge >= 0.3 is 0 Å². The van der Waals surface area contributed by atoms with Gasteiger partial charge in [-0.15, -0.1) is 0 Å². The number of carbonyl (C=O) groups excluding carboxylic acids is 1. The van der Waals surface area contributed by atoms with E-state index in [1.807, 2.05) is 54.7 Å². The van der Waals surface area contributed by atoms with Crippen molar-refractivity contribution in [2.45, 2.75) is 0 Å². The summed E-state index contributed by atoms with van der Waals surface area (Å²) in [4.78, 5) is 14.2. The lowest BCUT2D eigenvalue weighted by atomic mass is 9.97. The van der Waals surface area contributed by atoms with Gasteiger partial charge in [0.15, 0.2) is 6.29 Å². The Kier molecular flexibility index (Phi) is 2.26. The molecule has 0 atom stereocenters. The van der Waals surface area contributed by atoms with E-state index in [1.54, 1.807) is 0 Å². The lowest BCUT2D eigenvalue weighted by Gasteiger charge is -2.06. The number of aldehydes is 1. The maximum Gasteiger partial charge on any atom is 0.150 e. The predicted octanol–water partition coefficient (Wildman–Crippen LogP) is 3.65. The number of benzene rings is 2. The zero-order chi connectivity index (χ0) is 11.7. The summed E-state index contributed by atoms with van der Waals surface area (Å²) in [5.74, 6) is 0. The SMILES string of the molecule is O=Cc1ccccc1-c1cccc2[nH]ccc12. The highest BCUT2D eigenvalue weighted by Crippen LogP contribution is 2.29. The Balaban J connectivity index is 2.34. The summed E-state index contributed by atoms with van der Waals surface area (Å²) in [6.45, 7) is 0. The molecule has 0 aliphatic rings. The largest absolute Gasteiger partial charge is 0.361 e. The Morgan fingerprint density at radius 3 is 2.59 bits per heavy atom. The normalized spacial score (nSPS) is 10.6. The van der Waals surface area contributed by atoms with Crippen LogP contribution in [-0.4, -0.2) is 11.3 Å². The number of hydrogen-bond acceptors (Lipinski definition) is 1. The molecule has 0 unspecified atom stereocenters. The van der Waals surface area contributed by atoms with Gasteiger partial charge in [0.05, 0.1) is 0 Å². The Morgan fingerprint density at radius 2 is 1.71 bits per heavy atom. The molecule has 0 amide bonds. The maximum atomic E-state index is 11.1. The molecule has 2 aromatic carbocycles. The van der Waals surface area contributed by atoms with Crippen molar-refractivity contribution in [1.82, 2.24) is 4.98 Å². The fraction of sp³-hybridized carbons (Fsp3) is 0. The van der Waals surface area contributed by atoms with E-state index in [0.29, 0.717) is 0 Å². The van der Waals surface area contributed by atoms with Gasteiger partial charge in [-0.05, 0) is 23.3 Å². The van der Waals surface area contributed by atoms with E-state index >= 15 is 0 Å². The number of nitrogens with one attached hydrogen (secondary N) is 1. The quantitative estimate of drug-likeness (QED) is 0.658. The molecule has 3 aromatic rings. The first-order chi connectivity index (χ1) is 8.40. The summed E-state index contributed by atoms with van der Waals surface area (Å²) < 4.78 is 0. The summed E-state index contributed by atoms with van der Waals surface area (Å²) >= 11 is 0. The number of fused-ring (bicyclic) bond motifs is 1. The molecule has 0 aliphatic carbocycles.